The molecule has 0 fully saturated rings. The quantitative estimate of drug-likeness (QED) is 0.265. The van der Waals surface area contributed by atoms with Gasteiger partial charge in [0.05, 0.1) is 4.90 Å². The number of carboxylic acid groups (broad SMARTS) is 2. The third kappa shape index (κ3) is 45.5. The van der Waals surface area contributed by atoms with Crippen molar-refractivity contribution in [3.05, 3.63) is 30.3 Å². The van der Waals surface area contributed by atoms with E-state index >= 15 is 0 Å². The second kappa shape index (κ2) is 20.6. The van der Waals surface area contributed by atoms with Gasteiger partial charge in [-0.2, -0.15) is 8.42 Å². The van der Waals surface area contributed by atoms with Crippen molar-refractivity contribution in [2.75, 3.05) is 0 Å². The maximum Gasteiger partial charge on any atom is 1.00 e. The molecule has 0 aliphatic carbocycles. The second-order valence-electron chi connectivity index (χ2n) is 2.45. The summed E-state index contributed by atoms with van der Waals surface area (Å²) in [5.41, 5.74) is 0. The molecule has 0 saturated carbocycles. The minimum atomic E-state index is -5.17. The number of hydrogen-bond donors (Lipinski definition) is 1. The molecular formula is C7H6Na4O10S2. The summed E-state index contributed by atoms with van der Waals surface area (Å²) in [7, 11) is -9.17. The molecule has 1 aromatic carbocycles. The summed E-state index contributed by atoms with van der Waals surface area (Å²) in [6.07, 6.45) is -2.33. The Kier molecular flexibility index (Phi) is 35.9. The fraction of sp³-hybridized carbons (Fsp3) is 0. The number of benzene rings is 1. The Hall–Kier alpha value is 2.27. The first-order valence-electron chi connectivity index (χ1n) is 3.91. The maximum absolute atomic E-state index is 10.4. The number of carbonyl (C=O) groups excluding carboxylic acids is 1. The van der Waals surface area contributed by atoms with Gasteiger partial charge < -0.3 is 24.1 Å². The van der Waals surface area contributed by atoms with Crippen LogP contribution in [-0.2, 0) is 20.5 Å². The first-order valence-corrected chi connectivity index (χ1v) is 6.68. The summed E-state index contributed by atoms with van der Waals surface area (Å²) in [5, 5.41) is 16.7. The van der Waals surface area contributed by atoms with Crippen molar-refractivity contribution < 1.29 is 164 Å². The van der Waals surface area contributed by atoms with Crippen LogP contribution in [0.25, 0.3) is 0 Å². The molecule has 110 valence electrons. The van der Waals surface area contributed by atoms with E-state index in [1.54, 1.807) is 18.2 Å². The van der Waals surface area contributed by atoms with E-state index < -0.39 is 26.7 Å². The maximum atomic E-state index is 10.4. The SMILES string of the molecule is O=C([O-])[O-].O=S(=O)(O)c1ccccc1.O=S(=O)([O-])[O-].[Na+].[Na+].[Na+].[Na+]. The number of hydrogen-bond acceptors (Lipinski definition) is 9. The van der Waals surface area contributed by atoms with Gasteiger partial charge in [-0.05, 0) is 18.3 Å². The van der Waals surface area contributed by atoms with Gasteiger partial charge in [-0.1, -0.05) is 18.2 Å². The molecule has 0 aliphatic heterocycles. The van der Waals surface area contributed by atoms with E-state index in [1.807, 2.05) is 0 Å². The first kappa shape index (κ1) is 40.1. The summed E-state index contributed by atoms with van der Waals surface area (Å²) < 4.78 is 63.3. The average Bonchev–Trinajstić information content (AvgIpc) is 2.14. The predicted octanol–water partition coefficient (Wildman–Crippen LogP) is -14.8. The zero-order valence-corrected chi connectivity index (χ0v) is 22.5. The van der Waals surface area contributed by atoms with E-state index in [0.29, 0.717) is 0 Å². The van der Waals surface area contributed by atoms with Crippen LogP contribution < -0.4 is 128 Å². The summed E-state index contributed by atoms with van der Waals surface area (Å²) in [4.78, 5) is 8.26. The van der Waals surface area contributed by atoms with Crippen molar-refractivity contribution in [2.24, 2.45) is 0 Å². The molecule has 1 rings (SSSR count). The molecule has 0 unspecified atom stereocenters. The Bertz CT molecular complexity index is 577. The summed E-state index contributed by atoms with van der Waals surface area (Å²) >= 11 is 0. The molecule has 10 nitrogen and oxygen atoms in total. The van der Waals surface area contributed by atoms with Gasteiger partial charge in [0, 0.05) is 10.4 Å². The number of carbonyl (C=O) groups is 1. The monoisotopic (exact) mass is 406 g/mol. The first-order chi connectivity index (χ1) is 8.34. The van der Waals surface area contributed by atoms with Crippen LogP contribution in [0.4, 0.5) is 4.79 Å². The standard InChI is InChI=1S/C6H6O3S.CH2O3.4Na.H2O4S/c7-10(8,9)6-4-2-1-3-5-6;2-1(3)4;;;;;1-5(2,3)4/h1-5H,(H,7,8,9);(H2,2,3,4);;;;;(H2,1,2,3,4)/q;;4*+1;/p-4. The minimum absolute atomic E-state index is 0. The average molecular weight is 406 g/mol. The molecule has 0 heterocycles. The Labute approximate surface area is 221 Å². The van der Waals surface area contributed by atoms with Crippen molar-refractivity contribution in [1.29, 1.82) is 0 Å². The second-order valence-corrected chi connectivity index (χ2v) is 4.68. The smallest absolute Gasteiger partial charge is 0.759 e. The van der Waals surface area contributed by atoms with E-state index in [4.69, 9.17) is 37.1 Å². The Morgan fingerprint density at radius 1 is 0.826 bits per heavy atom. The molecule has 0 aromatic heterocycles. The van der Waals surface area contributed by atoms with E-state index in [1.165, 1.54) is 12.1 Å². The molecule has 0 radical (unpaired) electrons. The van der Waals surface area contributed by atoms with Crippen LogP contribution >= 0.6 is 0 Å². The van der Waals surface area contributed by atoms with E-state index in [9.17, 15) is 8.42 Å². The fourth-order valence-electron chi connectivity index (χ4n) is 0.592. The van der Waals surface area contributed by atoms with Crippen LogP contribution in [0.2, 0.25) is 0 Å². The topological polar surface area (TPSA) is 198 Å². The molecule has 23 heavy (non-hydrogen) atoms. The zero-order chi connectivity index (χ0) is 15.7. The predicted molar refractivity (Wildman–Crippen MR) is 52.1 cm³/mol. The third-order valence-electron chi connectivity index (χ3n) is 1.04. The molecule has 0 amide bonds. The minimum Gasteiger partial charge on any atom is -0.759 e. The van der Waals surface area contributed by atoms with Crippen molar-refractivity contribution >= 4 is 26.7 Å². The van der Waals surface area contributed by atoms with Gasteiger partial charge in [-0.25, -0.2) is 0 Å². The molecule has 0 spiro atoms. The summed E-state index contributed by atoms with van der Waals surface area (Å²) in [5.74, 6) is 0. The van der Waals surface area contributed by atoms with E-state index in [2.05, 4.69) is 0 Å². The van der Waals surface area contributed by atoms with E-state index in [-0.39, 0.29) is 123 Å². The van der Waals surface area contributed by atoms with Crippen molar-refractivity contribution in [1.82, 2.24) is 0 Å². The normalized spacial score (nSPS) is 8.48. The van der Waals surface area contributed by atoms with Gasteiger partial charge in [0.15, 0.2) is 0 Å². The van der Waals surface area contributed by atoms with Crippen LogP contribution in [0.15, 0.2) is 35.2 Å². The van der Waals surface area contributed by atoms with Crippen molar-refractivity contribution in [3.63, 3.8) is 0 Å². The molecule has 1 aromatic rings. The molecule has 0 aliphatic rings. The molecule has 0 bridgehead atoms. The fourth-order valence-corrected chi connectivity index (χ4v) is 1.09. The Balaban J connectivity index is -0.0000000488. The van der Waals surface area contributed by atoms with Crippen LogP contribution in [0.1, 0.15) is 0 Å². The van der Waals surface area contributed by atoms with Gasteiger partial charge in [0.25, 0.3) is 10.1 Å². The molecule has 0 saturated heterocycles. The number of rotatable bonds is 1. The van der Waals surface area contributed by atoms with Crippen LogP contribution in [0, 0.1) is 0 Å². The third-order valence-corrected chi connectivity index (χ3v) is 1.91. The van der Waals surface area contributed by atoms with Gasteiger partial charge in [0.1, 0.15) is 0 Å². The van der Waals surface area contributed by atoms with Crippen LogP contribution in [-0.4, -0.2) is 36.6 Å². The van der Waals surface area contributed by atoms with Crippen LogP contribution in [0.5, 0.6) is 0 Å². The molecule has 1 N–H and O–H groups in total. The van der Waals surface area contributed by atoms with Gasteiger partial charge in [0.2, 0.25) is 0 Å². The summed E-state index contributed by atoms with van der Waals surface area (Å²) in [6, 6.07) is 7.42. The van der Waals surface area contributed by atoms with Gasteiger partial charge in [-0.15, -0.1) is 0 Å². The Morgan fingerprint density at radius 3 is 1.17 bits per heavy atom. The van der Waals surface area contributed by atoms with E-state index in [0.717, 1.165) is 0 Å². The van der Waals surface area contributed by atoms with Gasteiger partial charge >= 0.3 is 118 Å². The van der Waals surface area contributed by atoms with Crippen molar-refractivity contribution in [2.45, 2.75) is 4.90 Å². The zero-order valence-electron chi connectivity index (χ0n) is 12.8. The Morgan fingerprint density at radius 2 is 1.04 bits per heavy atom. The molecule has 0 atom stereocenters. The molecular weight excluding hydrogens is 400 g/mol. The summed E-state index contributed by atoms with van der Waals surface area (Å²) in [6.45, 7) is 0. The van der Waals surface area contributed by atoms with Crippen molar-refractivity contribution in [3.8, 4) is 0 Å². The van der Waals surface area contributed by atoms with Crippen LogP contribution in [0.3, 0.4) is 0 Å². The largest absolute Gasteiger partial charge is 1.00 e. The molecule has 16 heteroatoms. The van der Waals surface area contributed by atoms with Gasteiger partial charge in [-0.3, -0.25) is 13.0 Å².